The highest BCUT2D eigenvalue weighted by Crippen LogP contribution is 2.45. The van der Waals surface area contributed by atoms with Crippen molar-refractivity contribution in [3.05, 3.63) is 231 Å². The summed E-state index contributed by atoms with van der Waals surface area (Å²) in [5.41, 5.74) is 0. The lowest BCUT2D eigenvalue weighted by Gasteiger charge is -2.21. The van der Waals surface area contributed by atoms with Gasteiger partial charge in [-0.1, -0.05) is 297 Å². The number of carbonyl (C=O) groups excluding carboxylic acids is 4. The molecule has 0 aromatic heterocycles. The molecule has 5 atom stereocenters. The number of phosphoric acid groups is 2. The summed E-state index contributed by atoms with van der Waals surface area (Å²) in [4.78, 5) is 72.9. The Labute approximate surface area is 651 Å². The van der Waals surface area contributed by atoms with Gasteiger partial charge in [0.1, 0.15) is 19.3 Å². The highest BCUT2D eigenvalue weighted by Gasteiger charge is 2.30. The smallest absolute Gasteiger partial charge is 0.462 e. The summed E-state index contributed by atoms with van der Waals surface area (Å²) in [7, 11) is -10.1. The summed E-state index contributed by atoms with van der Waals surface area (Å²) >= 11 is 0. The first-order valence-electron chi connectivity index (χ1n) is 39.6. The van der Waals surface area contributed by atoms with Crippen LogP contribution in [0.4, 0.5) is 0 Å². The number of hydrogen-bond acceptors (Lipinski definition) is 15. The van der Waals surface area contributed by atoms with E-state index in [-0.39, 0.29) is 25.7 Å². The molecule has 0 amide bonds. The number of rotatable bonds is 71. The number of aliphatic hydroxyl groups excluding tert-OH is 1. The zero-order chi connectivity index (χ0) is 78.9. The molecule has 0 bridgehead atoms. The standard InChI is InChI=1S/C89H136O17P2/c1-5-9-13-17-21-25-29-33-37-39-41-43-47-49-53-57-61-65-69-73-86(91)99-79-84(105-88(93)75-71-67-63-59-55-51-45-35-31-27-23-19-15-11-7-3)81-103-107(95,96)101-77-83(90)78-102-108(97,98)104-82-85(106-89(94)76-72-68-64-60-56-52-46-36-32-28-24-20-16-12-8-4)80-100-87(92)74-70-66-62-58-54-50-48-44-42-40-38-34-30-26-22-18-14-10-6-2/h9,11-13,15-16,21-28,33-38,41-46,49,53,55-56,59-61,65,67-68,71-72,83-85,90H,5-8,10,14,17-20,29-32,39-40,47-48,50-52,54,57-58,62-64,66,69-70,73-82H2,1-4H3,(H,95,96)(H,97,98)/b13-9-,15-11-,16-12-,25-21-,26-22-,27-23-,28-24-,37-33-,38-34-,43-41-,44-42-,45-35-,46-36-,53-49-,59-55-,60-56-,65-61-,71-67-,72-68-. The van der Waals surface area contributed by atoms with E-state index in [1.54, 1.807) is 24.3 Å². The molecule has 17 nitrogen and oxygen atoms in total. The number of ether oxygens (including phenoxy) is 4. The van der Waals surface area contributed by atoms with Crippen LogP contribution in [0.25, 0.3) is 0 Å². The fourth-order valence-corrected chi connectivity index (χ4v) is 10.9. The fourth-order valence-electron chi connectivity index (χ4n) is 9.28. The molecule has 0 spiro atoms. The summed E-state index contributed by atoms with van der Waals surface area (Å²) in [6, 6.07) is 0. The lowest BCUT2D eigenvalue weighted by atomic mass is 10.1. The van der Waals surface area contributed by atoms with Crippen molar-refractivity contribution in [1.29, 1.82) is 0 Å². The van der Waals surface area contributed by atoms with Crippen LogP contribution >= 0.6 is 15.6 Å². The third kappa shape index (κ3) is 77.3. The van der Waals surface area contributed by atoms with Crippen LogP contribution in [0.1, 0.15) is 246 Å². The quantitative estimate of drug-likeness (QED) is 0.0169. The molecular formula is C89H136O17P2. The average molecular weight is 1540 g/mol. The second-order valence-electron chi connectivity index (χ2n) is 25.2. The Kier molecular flexibility index (Phi) is 73.3. The van der Waals surface area contributed by atoms with Gasteiger partial charge in [-0.15, -0.1) is 0 Å². The molecule has 0 radical (unpaired) electrons. The number of allylic oxidation sites excluding steroid dienone is 36. The van der Waals surface area contributed by atoms with E-state index in [2.05, 4.69) is 192 Å². The Hall–Kier alpha value is -6.88. The first kappa shape index (κ1) is 101. The van der Waals surface area contributed by atoms with Gasteiger partial charge in [-0.3, -0.25) is 37.3 Å². The van der Waals surface area contributed by atoms with Crippen molar-refractivity contribution in [2.45, 2.75) is 264 Å². The molecule has 0 aliphatic carbocycles. The molecule has 19 heteroatoms. The van der Waals surface area contributed by atoms with Gasteiger partial charge in [0.15, 0.2) is 12.2 Å². The van der Waals surface area contributed by atoms with Crippen molar-refractivity contribution in [3.8, 4) is 0 Å². The number of esters is 4. The highest BCUT2D eigenvalue weighted by molar-refractivity contribution is 7.47. The van der Waals surface area contributed by atoms with Crippen LogP contribution in [0, 0.1) is 0 Å². The van der Waals surface area contributed by atoms with Crippen LogP contribution < -0.4 is 0 Å². The Morgan fingerprint density at radius 2 is 0.528 bits per heavy atom. The van der Waals surface area contributed by atoms with Crippen LogP contribution in [-0.4, -0.2) is 96.7 Å². The van der Waals surface area contributed by atoms with Crippen LogP contribution in [0.2, 0.25) is 0 Å². The maximum Gasteiger partial charge on any atom is 0.472 e. The summed E-state index contributed by atoms with van der Waals surface area (Å²) in [5, 5.41) is 10.6. The summed E-state index contributed by atoms with van der Waals surface area (Å²) in [6.45, 7) is 4.12. The van der Waals surface area contributed by atoms with Gasteiger partial charge < -0.3 is 33.8 Å². The van der Waals surface area contributed by atoms with Crippen molar-refractivity contribution < 1.29 is 80.2 Å². The van der Waals surface area contributed by atoms with Crippen LogP contribution in [0.3, 0.4) is 0 Å². The first-order chi connectivity index (χ1) is 52.7. The molecule has 0 aliphatic heterocycles. The monoisotopic (exact) mass is 1540 g/mol. The molecule has 108 heavy (non-hydrogen) atoms. The molecule has 5 unspecified atom stereocenters. The van der Waals surface area contributed by atoms with Gasteiger partial charge in [0, 0.05) is 12.8 Å². The minimum atomic E-state index is -5.04. The molecule has 604 valence electrons. The van der Waals surface area contributed by atoms with Crippen molar-refractivity contribution in [2.24, 2.45) is 0 Å². The molecular weight excluding hydrogens is 1400 g/mol. The van der Waals surface area contributed by atoms with E-state index in [1.165, 1.54) is 19.3 Å². The molecule has 3 N–H and O–H groups in total. The number of hydrogen-bond donors (Lipinski definition) is 3. The minimum Gasteiger partial charge on any atom is -0.462 e. The van der Waals surface area contributed by atoms with E-state index >= 15 is 0 Å². The van der Waals surface area contributed by atoms with E-state index in [1.807, 2.05) is 42.5 Å². The zero-order valence-corrected chi connectivity index (χ0v) is 67.7. The van der Waals surface area contributed by atoms with Crippen molar-refractivity contribution in [2.75, 3.05) is 39.6 Å². The first-order valence-corrected chi connectivity index (χ1v) is 42.6. The van der Waals surface area contributed by atoms with Gasteiger partial charge in [-0.25, -0.2) is 9.13 Å². The molecule has 0 rings (SSSR count). The summed E-state index contributed by atoms with van der Waals surface area (Å²) in [6.07, 6.45) is 101. The van der Waals surface area contributed by atoms with Gasteiger partial charge in [0.2, 0.25) is 0 Å². The van der Waals surface area contributed by atoms with E-state index < -0.39 is 97.5 Å². The molecule has 0 aromatic carbocycles. The molecule has 0 saturated heterocycles. The number of phosphoric ester groups is 2. The lowest BCUT2D eigenvalue weighted by Crippen LogP contribution is -2.30. The Morgan fingerprint density at radius 1 is 0.278 bits per heavy atom. The Morgan fingerprint density at radius 3 is 0.843 bits per heavy atom. The van der Waals surface area contributed by atoms with Gasteiger partial charge in [0.25, 0.3) is 0 Å². The van der Waals surface area contributed by atoms with Crippen molar-refractivity contribution in [1.82, 2.24) is 0 Å². The third-order valence-electron chi connectivity index (χ3n) is 15.2. The predicted octanol–water partition coefficient (Wildman–Crippen LogP) is 23.4. The van der Waals surface area contributed by atoms with E-state index in [0.717, 1.165) is 141 Å². The maximum absolute atomic E-state index is 13.1. The largest absolute Gasteiger partial charge is 0.472 e. The second kappa shape index (κ2) is 78.2. The van der Waals surface area contributed by atoms with Gasteiger partial charge >= 0.3 is 39.5 Å². The summed E-state index contributed by atoms with van der Waals surface area (Å²) in [5.74, 6) is -2.62. The Bertz CT molecular complexity index is 2960. The maximum atomic E-state index is 13.1. The van der Waals surface area contributed by atoms with Gasteiger partial charge in [0.05, 0.1) is 39.3 Å². The third-order valence-corrected chi connectivity index (χ3v) is 17.1. The second-order valence-corrected chi connectivity index (χ2v) is 28.1. The lowest BCUT2D eigenvalue weighted by molar-refractivity contribution is -0.160. The number of aliphatic hydroxyl groups is 1. The predicted molar refractivity (Wildman–Crippen MR) is 444 cm³/mol. The molecule has 0 heterocycles. The molecule has 0 aliphatic rings. The Balaban J connectivity index is 5.59. The molecule has 0 saturated carbocycles. The van der Waals surface area contributed by atoms with Gasteiger partial charge in [-0.05, 0) is 154 Å². The van der Waals surface area contributed by atoms with E-state index in [9.17, 15) is 43.2 Å². The van der Waals surface area contributed by atoms with Crippen molar-refractivity contribution in [3.63, 3.8) is 0 Å². The van der Waals surface area contributed by atoms with Crippen LogP contribution in [0.15, 0.2) is 231 Å². The van der Waals surface area contributed by atoms with E-state index in [4.69, 9.17) is 37.0 Å². The van der Waals surface area contributed by atoms with Crippen molar-refractivity contribution >= 4 is 39.5 Å². The fraction of sp³-hybridized carbons (Fsp3) is 0.528. The highest BCUT2D eigenvalue weighted by atomic mass is 31.2. The summed E-state index contributed by atoms with van der Waals surface area (Å²) < 4.78 is 68.2. The number of carbonyl (C=O) groups is 4. The minimum absolute atomic E-state index is 0.00374. The molecule has 0 aromatic rings. The van der Waals surface area contributed by atoms with Crippen LogP contribution in [0.5, 0.6) is 0 Å². The normalized spacial score (nSPS) is 15.1. The average Bonchev–Trinajstić information content (AvgIpc) is 0.923. The van der Waals surface area contributed by atoms with Gasteiger partial charge in [-0.2, -0.15) is 0 Å². The number of unbranched alkanes of at least 4 members (excludes halogenated alkanes) is 9. The molecule has 0 fully saturated rings. The van der Waals surface area contributed by atoms with E-state index in [0.29, 0.717) is 32.1 Å². The zero-order valence-electron chi connectivity index (χ0n) is 65.9. The van der Waals surface area contributed by atoms with Crippen LogP contribution in [-0.2, 0) is 65.4 Å². The topological polar surface area (TPSA) is 237 Å². The SMILES string of the molecule is CC/C=C\C/C=C\C/C=C\C/C=C\C/C=C\C/C=C\CCC(=O)OCC(COP(=O)(O)OCC(O)COP(=O)(O)OCC(COC(=O)CCCCCCCC/C=C\C/C=C\C/C=C\CCCCC)OC(=O)C/C=C\C/C=C\C/C=C\C/C=C\C/C=C\CC)OC(=O)C/C=C\C/C=C\C/C=C\C/C=C\C/C=C\CC.